The summed E-state index contributed by atoms with van der Waals surface area (Å²) >= 11 is 0. The van der Waals surface area contributed by atoms with E-state index in [2.05, 4.69) is 20.3 Å². The number of carbonyl (C=O) groups is 1. The van der Waals surface area contributed by atoms with Gasteiger partial charge in [0.2, 0.25) is 0 Å². The van der Waals surface area contributed by atoms with Crippen LogP contribution in [0.3, 0.4) is 0 Å². The molecule has 1 aliphatic carbocycles. The number of pyridine rings is 3. The summed E-state index contributed by atoms with van der Waals surface area (Å²) in [5.74, 6) is 0.538. The minimum absolute atomic E-state index is 0.0937. The summed E-state index contributed by atoms with van der Waals surface area (Å²) < 4.78 is 38.6. The third kappa shape index (κ3) is 4.34. The molecule has 5 heterocycles. The van der Waals surface area contributed by atoms with Crippen molar-refractivity contribution in [1.82, 2.24) is 19.9 Å². The summed E-state index contributed by atoms with van der Waals surface area (Å²) in [5, 5.41) is 3.28. The molecule has 2 aliphatic heterocycles. The van der Waals surface area contributed by atoms with Crippen LogP contribution in [-0.2, 0) is 6.18 Å². The van der Waals surface area contributed by atoms with Gasteiger partial charge in [0.1, 0.15) is 11.5 Å². The lowest BCUT2D eigenvalue weighted by Crippen LogP contribution is -2.60. The quantitative estimate of drug-likeness (QED) is 0.587. The first-order chi connectivity index (χ1) is 16.3. The highest BCUT2D eigenvalue weighted by Gasteiger charge is 2.44. The van der Waals surface area contributed by atoms with Crippen LogP contribution in [0.2, 0.25) is 0 Å². The summed E-state index contributed by atoms with van der Waals surface area (Å²) in [6.45, 7) is 2.49. The predicted molar refractivity (Wildman–Crippen MR) is 121 cm³/mol. The number of hydrogen-bond acceptors (Lipinski definition) is 5. The smallest absolute Gasteiger partial charge is 0.365 e. The Labute approximate surface area is 195 Å². The molecule has 1 amide bonds. The molecule has 0 spiro atoms. The number of aryl methyl sites for hydroxylation is 1. The maximum absolute atomic E-state index is 13.8. The molecule has 1 saturated carbocycles. The van der Waals surface area contributed by atoms with E-state index < -0.39 is 11.7 Å². The fourth-order valence-corrected chi connectivity index (χ4v) is 5.00. The molecular formula is C25H24F3N5O. The van der Waals surface area contributed by atoms with Crippen LogP contribution in [-0.4, -0.2) is 44.4 Å². The lowest BCUT2D eigenvalue weighted by Gasteiger charge is -2.50. The normalized spacial score (nSPS) is 22.0. The number of alkyl halides is 3. The van der Waals surface area contributed by atoms with Gasteiger partial charge in [-0.15, -0.1) is 0 Å². The number of nitrogens with one attached hydrogen (secondary N) is 1. The van der Waals surface area contributed by atoms with Crippen molar-refractivity contribution in [1.29, 1.82) is 0 Å². The minimum Gasteiger partial charge on any atom is -0.365 e. The molecule has 3 aromatic rings. The van der Waals surface area contributed by atoms with Gasteiger partial charge in [0.05, 0.1) is 17.3 Å². The average molecular weight is 467 g/mol. The van der Waals surface area contributed by atoms with Crippen molar-refractivity contribution in [2.45, 2.75) is 44.4 Å². The van der Waals surface area contributed by atoms with Gasteiger partial charge < -0.3 is 10.2 Å². The van der Waals surface area contributed by atoms with Crippen LogP contribution < -0.4 is 5.32 Å². The number of carbonyl (C=O) groups excluding carboxylic acids is 1. The second-order valence-electron chi connectivity index (χ2n) is 8.95. The molecule has 34 heavy (non-hydrogen) atoms. The molecule has 1 N–H and O–H groups in total. The molecule has 9 heteroatoms. The van der Waals surface area contributed by atoms with E-state index in [4.69, 9.17) is 0 Å². The van der Waals surface area contributed by atoms with Gasteiger partial charge in [-0.1, -0.05) is 6.07 Å². The second kappa shape index (κ2) is 8.70. The summed E-state index contributed by atoms with van der Waals surface area (Å²) in [6, 6.07) is 11.5. The molecule has 3 aromatic heterocycles. The number of anilines is 1. The first-order valence-electron chi connectivity index (χ1n) is 11.3. The molecular weight excluding hydrogens is 443 g/mol. The van der Waals surface area contributed by atoms with Crippen molar-refractivity contribution in [2.24, 2.45) is 5.92 Å². The maximum Gasteiger partial charge on any atom is 0.417 e. The van der Waals surface area contributed by atoms with E-state index in [1.165, 1.54) is 6.07 Å². The highest BCUT2D eigenvalue weighted by atomic mass is 19.4. The molecule has 2 bridgehead atoms. The van der Waals surface area contributed by atoms with E-state index in [1.807, 2.05) is 42.2 Å². The van der Waals surface area contributed by atoms with Crippen LogP contribution in [0.15, 0.2) is 54.9 Å². The molecule has 0 aromatic carbocycles. The Hall–Kier alpha value is -3.49. The minimum atomic E-state index is -4.43. The van der Waals surface area contributed by atoms with Crippen LogP contribution in [0, 0.1) is 12.8 Å². The largest absolute Gasteiger partial charge is 0.417 e. The second-order valence-corrected chi connectivity index (χ2v) is 8.95. The third-order valence-corrected chi connectivity index (χ3v) is 6.64. The third-order valence-electron chi connectivity index (χ3n) is 6.64. The average Bonchev–Trinajstić information content (AvgIpc) is 2.84. The van der Waals surface area contributed by atoms with Crippen molar-refractivity contribution in [3.63, 3.8) is 0 Å². The highest BCUT2D eigenvalue weighted by Crippen LogP contribution is 2.38. The Morgan fingerprint density at radius 2 is 1.94 bits per heavy atom. The fraction of sp³-hybridized carbons (Fsp3) is 0.360. The highest BCUT2D eigenvalue weighted by molar-refractivity contribution is 5.99. The summed E-state index contributed by atoms with van der Waals surface area (Å²) in [6.07, 6.45) is 0.766. The summed E-state index contributed by atoms with van der Waals surface area (Å²) in [4.78, 5) is 28.6. The van der Waals surface area contributed by atoms with Crippen molar-refractivity contribution in [3.05, 3.63) is 71.8 Å². The van der Waals surface area contributed by atoms with Crippen LogP contribution in [0.1, 0.15) is 41.0 Å². The number of hydrogen-bond donors (Lipinski definition) is 1. The van der Waals surface area contributed by atoms with Gasteiger partial charge >= 0.3 is 6.18 Å². The van der Waals surface area contributed by atoms with Crippen LogP contribution in [0.4, 0.5) is 19.0 Å². The van der Waals surface area contributed by atoms with Gasteiger partial charge in [-0.25, -0.2) is 9.97 Å². The summed E-state index contributed by atoms with van der Waals surface area (Å²) in [7, 11) is 0. The Kier molecular flexibility index (Phi) is 5.71. The SMILES string of the molecule is Cc1ccc(-c2ccccn2)c(C(=O)N2C[C@@H]3CC[C@H]2[C@H](Nc2ccc(C(F)(F)F)cn2)C3)n1. The molecule has 0 radical (unpaired) electrons. The zero-order valence-electron chi connectivity index (χ0n) is 18.6. The topological polar surface area (TPSA) is 71.0 Å². The van der Waals surface area contributed by atoms with Crippen molar-refractivity contribution in [2.75, 3.05) is 11.9 Å². The Morgan fingerprint density at radius 1 is 1.09 bits per heavy atom. The van der Waals surface area contributed by atoms with Crippen LogP contribution in [0.25, 0.3) is 11.3 Å². The molecule has 6 rings (SSSR count). The van der Waals surface area contributed by atoms with E-state index >= 15 is 0 Å². The van der Waals surface area contributed by atoms with Crippen LogP contribution in [0.5, 0.6) is 0 Å². The Morgan fingerprint density at radius 3 is 2.62 bits per heavy atom. The van der Waals surface area contributed by atoms with Crippen molar-refractivity contribution in [3.8, 4) is 11.3 Å². The Bertz CT molecular complexity index is 1180. The molecule has 6 nitrogen and oxygen atoms in total. The standard InChI is InChI=1S/C25H24F3N5O/c1-15-5-8-18(19-4-2-3-11-29-19)23(31-15)24(34)33-14-16-6-9-21(33)20(12-16)32-22-10-7-17(13-30-22)25(26,27)28/h2-5,7-8,10-11,13,16,20-21H,6,9,12,14H2,1H3,(H,30,32)/t16-,20-,21+/m1/s1. The van der Waals surface area contributed by atoms with Gasteiger partial charge in [0.15, 0.2) is 0 Å². The maximum atomic E-state index is 13.8. The number of aromatic nitrogens is 3. The fourth-order valence-electron chi connectivity index (χ4n) is 5.00. The number of piperidine rings is 2. The zero-order chi connectivity index (χ0) is 23.9. The van der Waals surface area contributed by atoms with Crippen molar-refractivity contribution < 1.29 is 18.0 Å². The first kappa shape index (κ1) is 22.3. The number of rotatable bonds is 4. The molecule has 3 aliphatic rings. The zero-order valence-corrected chi connectivity index (χ0v) is 18.6. The molecule has 3 fully saturated rings. The number of nitrogens with zero attached hydrogens (tertiary/aromatic N) is 4. The van der Waals surface area contributed by atoms with E-state index in [1.54, 1.807) is 6.20 Å². The van der Waals surface area contributed by atoms with Gasteiger partial charge in [-0.05, 0) is 68.5 Å². The lowest BCUT2D eigenvalue weighted by atomic mass is 9.76. The van der Waals surface area contributed by atoms with Crippen LogP contribution >= 0.6 is 0 Å². The summed E-state index contributed by atoms with van der Waals surface area (Å²) in [5.41, 5.74) is 1.70. The van der Waals surface area contributed by atoms with E-state index in [0.717, 1.165) is 37.2 Å². The van der Waals surface area contributed by atoms with E-state index in [-0.39, 0.29) is 18.0 Å². The lowest BCUT2D eigenvalue weighted by molar-refractivity contribution is -0.137. The van der Waals surface area contributed by atoms with E-state index in [0.29, 0.717) is 35.2 Å². The van der Waals surface area contributed by atoms with Crippen molar-refractivity contribution >= 4 is 11.7 Å². The van der Waals surface area contributed by atoms with E-state index in [9.17, 15) is 18.0 Å². The molecule has 0 unspecified atom stereocenters. The first-order valence-corrected chi connectivity index (χ1v) is 11.3. The van der Waals surface area contributed by atoms with Gasteiger partial charge in [0.25, 0.3) is 5.91 Å². The number of halogens is 3. The molecule has 176 valence electrons. The van der Waals surface area contributed by atoms with Gasteiger partial charge in [0, 0.05) is 36.2 Å². The van der Waals surface area contributed by atoms with Gasteiger partial charge in [-0.3, -0.25) is 9.78 Å². The molecule has 3 atom stereocenters. The monoisotopic (exact) mass is 467 g/mol. The number of amides is 1. The Balaban J connectivity index is 1.40. The van der Waals surface area contributed by atoms with Gasteiger partial charge in [-0.2, -0.15) is 13.2 Å². The number of fused-ring (bicyclic) bond motifs is 3. The molecule has 2 saturated heterocycles. The predicted octanol–water partition coefficient (Wildman–Crippen LogP) is 4.97.